The van der Waals surface area contributed by atoms with E-state index in [2.05, 4.69) is 25.2 Å². The van der Waals surface area contributed by atoms with Crippen molar-refractivity contribution in [3.05, 3.63) is 0 Å². The fourth-order valence-electron chi connectivity index (χ4n) is 2.02. The van der Waals surface area contributed by atoms with Gasteiger partial charge >= 0.3 is 6.01 Å². The van der Waals surface area contributed by atoms with Crippen LogP contribution in [0.1, 0.15) is 19.8 Å². The number of nitrogens with one attached hydrogen (secondary N) is 1. The van der Waals surface area contributed by atoms with Crippen molar-refractivity contribution in [3.63, 3.8) is 0 Å². The molecule has 0 aliphatic carbocycles. The van der Waals surface area contributed by atoms with Crippen LogP contribution >= 0.6 is 0 Å². The molecule has 19 heavy (non-hydrogen) atoms. The van der Waals surface area contributed by atoms with E-state index in [1.165, 1.54) is 0 Å². The highest BCUT2D eigenvalue weighted by Crippen LogP contribution is 2.22. The van der Waals surface area contributed by atoms with Crippen molar-refractivity contribution in [3.8, 4) is 6.01 Å². The Balaban J connectivity index is 2.14. The summed E-state index contributed by atoms with van der Waals surface area (Å²) < 4.78 is 5.47. The van der Waals surface area contributed by atoms with E-state index >= 15 is 0 Å². The van der Waals surface area contributed by atoms with Crippen LogP contribution in [0.2, 0.25) is 0 Å². The molecule has 1 unspecified atom stereocenters. The van der Waals surface area contributed by atoms with Crippen LogP contribution in [0.5, 0.6) is 6.01 Å². The Labute approximate surface area is 113 Å². The van der Waals surface area contributed by atoms with Crippen molar-refractivity contribution in [2.45, 2.75) is 19.8 Å². The molecule has 2 N–H and O–H groups in total. The van der Waals surface area contributed by atoms with Gasteiger partial charge in [0.05, 0.1) is 6.61 Å². The number of rotatable bonds is 6. The summed E-state index contributed by atoms with van der Waals surface area (Å²) >= 11 is 0. The number of ether oxygens (including phenoxy) is 1. The molecule has 1 fully saturated rings. The number of aromatic nitrogens is 3. The van der Waals surface area contributed by atoms with Crippen LogP contribution in [0.3, 0.4) is 0 Å². The summed E-state index contributed by atoms with van der Waals surface area (Å²) in [6, 6.07) is 0.351. The second-order valence-corrected chi connectivity index (χ2v) is 4.62. The molecular formula is C12H21N5O2. The fraction of sp³-hybridized carbons (Fsp3) is 0.750. The summed E-state index contributed by atoms with van der Waals surface area (Å²) in [5.41, 5.74) is 0. The monoisotopic (exact) mass is 267 g/mol. The largest absolute Gasteiger partial charge is 0.463 e. The average Bonchev–Trinajstić information content (AvgIpc) is 2.93. The van der Waals surface area contributed by atoms with Crippen LogP contribution < -0.4 is 15.0 Å². The molecule has 106 valence electrons. The Morgan fingerprint density at radius 2 is 2.26 bits per heavy atom. The summed E-state index contributed by atoms with van der Waals surface area (Å²) in [5.74, 6) is 1.42. The molecule has 0 bridgehead atoms. The number of hydrogen-bond donors (Lipinski definition) is 2. The third kappa shape index (κ3) is 3.44. The van der Waals surface area contributed by atoms with Gasteiger partial charge in [0.15, 0.2) is 0 Å². The Kier molecular flexibility index (Phi) is 4.73. The van der Waals surface area contributed by atoms with E-state index < -0.39 is 0 Å². The molecule has 1 saturated heterocycles. The zero-order valence-electron chi connectivity index (χ0n) is 11.5. The fourth-order valence-corrected chi connectivity index (χ4v) is 2.02. The van der Waals surface area contributed by atoms with Crippen molar-refractivity contribution < 1.29 is 9.84 Å². The molecule has 0 aromatic carbocycles. The maximum Gasteiger partial charge on any atom is 0.323 e. The Hall–Kier alpha value is -1.63. The van der Waals surface area contributed by atoms with E-state index in [0.29, 0.717) is 30.4 Å². The molecule has 1 aromatic heterocycles. The van der Waals surface area contributed by atoms with E-state index in [9.17, 15) is 5.11 Å². The summed E-state index contributed by atoms with van der Waals surface area (Å²) in [6.45, 7) is 4.46. The van der Waals surface area contributed by atoms with Crippen LogP contribution in [0.15, 0.2) is 0 Å². The van der Waals surface area contributed by atoms with Gasteiger partial charge < -0.3 is 20.1 Å². The lowest BCUT2D eigenvalue weighted by Gasteiger charge is -2.17. The molecule has 0 amide bonds. The summed E-state index contributed by atoms with van der Waals surface area (Å²) in [4.78, 5) is 14.9. The topological polar surface area (TPSA) is 83.4 Å². The van der Waals surface area contributed by atoms with Gasteiger partial charge in [-0.3, -0.25) is 0 Å². The smallest absolute Gasteiger partial charge is 0.323 e. The van der Waals surface area contributed by atoms with Crippen molar-refractivity contribution in [2.75, 3.05) is 43.6 Å². The zero-order chi connectivity index (χ0) is 13.7. The van der Waals surface area contributed by atoms with Gasteiger partial charge in [0, 0.05) is 32.7 Å². The highest BCUT2D eigenvalue weighted by atomic mass is 16.5. The number of aliphatic hydroxyl groups excluding tert-OH is 1. The first-order valence-corrected chi connectivity index (χ1v) is 6.69. The highest BCUT2D eigenvalue weighted by Gasteiger charge is 2.24. The summed E-state index contributed by atoms with van der Waals surface area (Å²) in [5, 5.41) is 12.1. The number of nitrogens with zero attached hydrogens (tertiary/aromatic N) is 4. The molecule has 0 saturated carbocycles. The minimum absolute atomic E-state index is 0.208. The number of anilines is 2. The van der Waals surface area contributed by atoms with Crippen LogP contribution in [-0.4, -0.2) is 53.4 Å². The Bertz CT molecular complexity index is 415. The minimum atomic E-state index is 0.208. The molecule has 7 heteroatoms. The maximum atomic E-state index is 9.19. The predicted octanol–water partition coefficient (Wildman–Crippen LogP) is 0.521. The molecule has 2 heterocycles. The first-order chi connectivity index (χ1) is 9.26. The van der Waals surface area contributed by atoms with Crippen molar-refractivity contribution in [1.29, 1.82) is 0 Å². The number of aliphatic hydroxyl groups is 1. The Morgan fingerprint density at radius 3 is 2.89 bits per heavy atom. The van der Waals surface area contributed by atoms with E-state index in [0.717, 1.165) is 25.9 Å². The average molecular weight is 267 g/mol. The first-order valence-electron chi connectivity index (χ1n) is 6.69. The SMILES string of the molecule is CCCOc1nc(NC)nc(N2CCC(CO)C2)n1. The molecule has 1 atom stereocenters. The molecule has 1 aliphatic heterocycles. The van der Waals surface area contributed by atoms with Crippen LogP contribution in [-0.2, 0) is 0 Å². The second kappa shape index (κ2) is 6.51. The van der Waals surface area contributed by atoms with E-state index in [4.69, 9.17) is 4.74 Å². The van der Waals surface area contributed by atoms with Gasteiger partial charge in [0.2, 0.25) is 11.9 Å². The van der Waals surface area contributed by atoms with Crippen molar-refractivity contribution >= 4 is 11.9 Å². The van der Waals surface area contributed by atoms with E-state index in [1.807, 2.05) is 6.92 Å². The van der Waals surface area contributed by atoms with Crippen molar-refractivity contribution in [2.24, 2.45) is 5.92 Å². The molecular weight excluding hydrogens is 246 g/mol. The molecule has 2 rings (SSSR count). The van der Waals surface area contributed by atoms with Gasteiger partial charge in [-0.1, -0.05) is 6.92 Å². The van der Waals surface area contributed by atoms with Crippen molar-refractivity contribution in [1.82, 2.24) is 15.0 Å². The molecule has 1 aliphatic rings. The van der Waals surface area contributed by atoms with Gasteiger partial charge in [-0.15, -0.1) is 0 Å². The maximum absolute atomic E-state index is 9.19. The van der Waals surface area contributed by atoms with Gasteiger partial charge in [0.1, 0.15) is 0 Å². The second-order valence-electron chi connectivity index (χ2n) is 4.62. The third-order valence-electron chi connectivity index (χ3n) is 3.09. The van der Waals surface area contributed by atoms with Gasteiger partial charge in [-0.05, 0) is 12.8 Å². The van der Waals surface area contributed by atoms with Gasteiger partial charge in [-0.2, -0.15) is 15.0 Å². The lowest BCUT2D eigenvalue weighted by molar-refractivity contribution is 0.238. The quantitative estimate of drug-likeness (QED) is 0.777. The summed E-state index contributed by atoms with van der Waals surface area (Å²) in [7, 11) is 1.77. The lowest BCUT2D eigenvalue weighted by atomic mass is 10.1. The third-order valence-corrected chi connectivity index (χ3v) is 3.09. The lowest BCUT2D eigenvalue weighted by Crippen LogP contribution is -2.24. The first kappa shape index (κ1) is 13.8. The summed E-state index contributed by atoms with van der Waals surface area (Å²) in [6.07, 6.45) is 1.87. The Morgan fingerprint density at radius 1 is 1.42 bits per heavy atom. The standard InChI is InChI=1S/C12H21N5O2/c1-3-6-19-12-15-10(13-2)14-11(16-12)17-5-4-9(7-17)8-18/h9,18H,3-8H2,1-2H3,(H,13,14,15,16). The normalized spacial score (nSPS) is 18.7. The zero-order valence-corrected chi connectivity index (χ0v) is 11.5. The van der Waals surface area contributed by atoms with Gasteiger partial charge in [-0.25, -0.2) is 0 Å². The molecule has 7 nitrogen and oxygen atoms in total. The van der Waals surface area contributed by atoms with Gasteiger partial charge in [0.25, 0.3) is 0 Å². The predicted molar refractivity (Wildman–Crippen MR) is 72.6 cm³/mol. The molecule has 0 spiro atoms. The van der Waals surface area contributed by atoms with Crippen LogP contribution in [0, 0.1) is 5.92 Å². The highest BCUT2D eigenvalue weighted by molar-refractivity contribution is 5.39. The molecule has 0 radical (unpaired) electrons. The number of hydrogen-bond acceptors (Lipinski definition) is 7. The van der Waals surface area contributed by atoms with Crippen LogP contribution in [0.25, 0.3) is 0 Å². The van der Waals surface area contributed by atoms with E-state index in [1.54, 1.807) is 7.05 Å². The molecule has 1 aromatic rings. The van der Waals surface area contributed by atoms with E-state index in [-0.39, 0.29) is 6.61 Å². The van der Waals surface area contributed by atoms with Crippen LogP contribution in [0.4, 0.5) is 11.9 Å². The minimum Gasteiger partial charge on any atom is -0.463 e.